The quantitative estimate of drug-likeness (QED) is 0.587. The normalized spacial score (nSPS) is 10.3. The van der Waals surface area contributed by atoms with Crippen LogP contribution in [-0.4, -0.2) is 24.2 Å². The summed E-state index contributed by atoms with van der Waals surface area (Å²) in [7, 11) is 0. The minimum Gasteiger partial charge on any atom is -0.396 e. The zero-order chi connectivity index (χ0) is 9.40. The van der Waals surface area contributed by atoms with E-state index in [4.69, 9.17) is 5.11 Å². The maximum atomic E-state index is 11.0. The van der Waals surface area contributed by atoms with E-state index in [1.54, 1.807) is 0 Å². The SMILES string of the molecule is CC(C)CCC(=O)NCCCO. The minimum absolute atomic E-state index is 0.0946. The second-order valence-electron chi connectivity index (χ2n) is 3.36. The van der Waals surface area contributed by atoms with Gasteiger partial charge in [-0.3, -0.25) is 4.79 Å². The molecule has 0 aliphatic rings. The first-order valence-corrected chi connectivity index (χ1v) is 4.54. The van der Waals surface area contributed by atoms with Gasteiger partial charge in [-0.25, -0.2) is 0 Å². The lowest BCUT2D eigenvalue weighted by Gasteiger charge is -2.05. The van der Waals surface area contributed by atoms with Crippen molar-refractivity contribution in [1.29, 1.82) is 0 Å². The van der Waals surface area contributed by atoms with E-state index in [2.05, 4.69) is 19.2 Å². The maximum Gasteiger partial charge on any atom is 0.220 e. The Morgan fingerprint density at radius 3 is 2.67 bits per heavy atom. The predicted octanol–water partition coefficient (Wildman–Crippen LogP) is 0.921. The Hall–Kier alpha value is -0.570. The number of rotatable bonds is 6. The first-order valence-electron chi connectivity index (χ1n) is 4.54. The van der Waals surface area contributed by atoms with Crippen LogP contribution in [0.3, 0.4) is 0 Å². The lowest BCUT2D eigenvalue weighted by molar-refractivity contribution is -0.121. The molecule has 1 amide bonds. The van der Waals surface area contributed by atoms with E-state index >= 15 is 0 Å². The molecule has 0 aliphatic carbocycles. The molecule has 2 N–H and O–H groups in total. The molecule has 0 saturated heterocycles. The van der Waals surface area contributed by atoms with Crippen LogP contribution < -0.4 is 5.32 Å². The molecule has 3 nitrogen and oxygen atoms in total. The third-order valence-electron chi connectivity index (χ3n) is 1.61. The fraction of sp³-hybridized carbons (Fsp3) is 0.889. The lowest BCUT2D eigenvalue weighted by Crippen LogP contribution is -2.24. The van der Waals surface area contributed by atoms with Gasteiger partial charge in [-0.1, -0.05) is 13.8 Å². The third kappa shape index (κ3) is 7.54. The molecule has 0 aromatic heterocycles. The van der Waals surface area contributed by atoms with Gasteiger partial charge in [-0.15, -0.1) is 0 Å². The Morgan fingerprint density at radius 2 is 2.17 bits per heavy atom. The van der Waals surface area contributed by atoms with Gasteiger partial charge < -0.3 is 10.4 Å². The number of aliphatic hydroxyl groups is 1. The molecule has 0 rings (SSSR count). The number of carbonyl (C=O) groups is 1. The molecule has 0 atom stereocenters. The smallest absolute Gasteiger partial charge is 0.220 e. The first kappa shape index (κ1) is 11.4. The van der Waals surface area contributed by atoms with Crippen molar-refractivity contribution in [2.24, 2.45) is 5.92 Å². The van der Waals surface area contributed by atoms with Gasteiger partial charge in [0.05, 0.1) is 0 Å². The van der Waals surface area contributed by atoms with Crippen LogP contribution >= 0.6 is 0 Å². The number of aliphatic hydroxyl groups excluding tert-OH is 1. The van der Waals surface area contributed by atoms with Crippen LogP contribution in [0.15, 0.2) is 0 Å². The van der Waals surface area contributed by atoms with E-state index in [9.17, 15) is 4.79 Å². The van der Waals surface area contributed by atoms with Crippen LogP contribution in [0.2, 0.25) is 0 Å². The molecule has 12 heavy (non-hydrogen) atoms. The van der Waals surface area contributed by atoms with E-state index in [-0.39, 0.29) is 12.5 Å². The average Bonchev–Trinajstić information content (AvgIpc) is 2.01. The van der Waals surface area contributed by atoms with Crippen LogP contribution in [0.25, 0.3) is 0 Å². The van der Waals surface area contributed by atoms with Crippen molar-refractivity contribution in [2.75, 3.05) is 13.2 Å². The fourth-order valence-corrected chi connectivity index (χ4v) is 0.815. The molecule has 0 fully saturated rings. The van der Waals surface area contributed by atoms with Crippen molar-refractivity contribution < 1.29 is 9.90 Å². The fourth-order valence-electron chi connectivity index (χ4n) is 0.815. The molecular formula is C9H19NO2. The molecule has 0 aromatic carbocycles. The summed E-state index contributed by atoms with van der Waals surface area (Å²) < 4.78 is 0. The van der Waals surface area contributed by atoms with Gasteiger partial charge >= 0.3 is 0 Å². The maximum absolute atomic E-state index is 11.0. The van der Waals surface area contributed by atoms with Crippen LogP contribution in [0.5, 0.6) is 0 Å². The van der Waals surface area contributed by atoms with Gasteiger partial charge in [-0.05, 0) is 18.8 Å². The van der Waals surface area contributed by atoms with E-state index in [1.165, 1.54) is 0 Å². The van der Waals surface area contributed by atoms with Crippen molar-refractivity contribution in [3.63, 3.8) is 0 Å². The Labute approximate surface area is 74.2 Å². The van der Waals surface area contributed by atoms with Gasteiger partial charge in [0.2, 0.25) is 5.91 Å². The molecule has 0 unspecified atom stereocenters. The summed E-state index contributed by atoms with van der Waals surface area (Å²) in [6, 6.07) is 0. The average molecular weight is 173 g/mol. The van der Waals surface area contributed by atoms with Gasteiger partial charge in [0.1, 0.15) is 0 Å². The molecule has 72 valence electrons. The third-order valence-corrected chi connectivity index (χ3v) is 1.61. The second kappa shape index (κ2) is 7.10. The van der Waals surface area contributed by atoms with Crippen LogP contribution in [0, 0.1) is 5.92 Å². The molecule has 0 aromatic rings. The summed E-state index contributed by atoms with van der Waals surface area (Å²) >= 11 is 0. The van der Waals surface area contributed by atoms with Crippen molar-refractivity contribution in [2.45, 2.75) is 33.1 Å². The minimum atomic E-state index is 0.0946. The molecule has 0 heterocycles. The Morgan fingerprint density at radius 1 is 1.50 bits per heavy atom. The molecule has 0 bridgehead atoms. The van der Waals surface area contributed by atoms with Crippen molar-refractivity contribution in [3.8, 4) is 0 Å². The Kier molecular flexibility index (Phi) is 6.76. The van der Waals surface area contributed by atoms with Gasteiger partial charge in [-0.2, -0.15) is 0 Å². The standard InChI is InChI=1S/C9H19NO2/c1-8(2)4-5-9(12)10-6-3-7-11/h8,11H,3-7H2,1-2H3,(H,10,12). The molecule has 0 spiro atoms. The van der Waals surface area contributed by atoms with Crippen LogP contribution in [-0.2, 0) is 4.79 Å². The van der Waals surface area contributed by atoms with Crippen molar-refractivity contribution in [3.05, 3.63) is 0 Å². The van der Waals surface area contributed by atoms with E-state index < -0.39 is 0 Å². The van der Waals surface area contributed by atoms with Crippen molar-refractivity contribution in [1.82, 2.24) is 5.32 Å². The molecular weight excluding hydrogens is 154 g/mol. The van der Waals surface area contributed by atoms with Crippen LogP contribution in [0.1, 0.15) is 33.1 Å². The molecule has 0 saturated carbocycles. The number of nitrogens with one attached hydrogen (secondary N) is 1. The van der Waals surface area contributed by atoms with E-state index in [1.807, 2.05) is 0 Å². The summed E-state index contributed by atoms with van der Waals surface area (Å²) in [6.07, 6.45) is 2.18. The molecule has 3 heteroatoms. The van der Waals surface area contributed by atoms with Crippen molar-refractivity contribution >= 4 is 5.91 Å². The highest BCUT2D eigenvalue weighted by Crippen LogP contribution is 2.02. The summed E-state index contributed by atoms with van der Waals surface area (Å²) in [5.41, 5.74) is 0. The summed E-state index contributed by atoms with van der Waals surface area (Å²) in [6.45, 7) is 4.93. The highest BCUT2D eigenvalue weighted by Gasteiger charge is 2.01. The molecule has 0 aliphatic heterocycles. The molecule has 0 radical (unpaired) electrons. The monoisotopic (exact) mass is 173 g/mol. The van der Waals surface area contributed by atoms with Gasteiger partial charge in [0, 0.05) is 19.6 Å². The summed E-state index contributed by atoms with van der Waals surface area (Å²) in [5.74, 6) is 0.672. The lowest BCUT2D eigenvalue weighted by atomic mass is 10.1. The zero-order valence-corrected chi connectivity index (χ0v) is 7.97. The predicted molar refractivity (Wildman–Crippen MR) is 48.8 cm³/mol. The van der Waals surface area contributed by atoms with Crippen LogP contribution in [0.4, 0.5) is 0 Å². The Bertz CT molecular complexity index is 124. The summed E-state index contributed by atoms with van der Waals surface area (Å²) in [4.78, 5) is 11.0. The van der Waals surface area contributed by atoms with E-state index in [0.717, 1.165) is 6.42 Å². The van der Waals surface area contributed by atoms with Gasteiger partial charge in [0.25, 0.3) is 0 Å². The Balaban J connectivity index is 3.22. The number of hydrogen-bond acceptors (Lipinski definition) is 2. The van der Waals surface area contributed by atoms with E-state index in [0.29, 0.717) is 25.3 Å². The number of hydrogen-bond donors (Lipinski definition) is 2. The highest BCUT2D eigenvalue weighted by molar-refractivity contribution is 5.75. The number of amides is 1. The first-order chi connectivity index (χ1) is 5.66. The second-order valence-corrected chi connectivity index (χ2v) is 3.36. The summed E-state index contributed by atoms with van der Waals surface area (Å²) in [5, 5.41) is 11.2. The topological polar surface area (TPSA) is 49.3 Å². The largest absolute Gasteiger partial charge is 0.396 e. The highest BCUT2D eigenvalue weighted by atomic mass is 16.3. The number of carbonyl (C=O) groups excluding carboxylic acids is 1. The van der Waals surface area contributed by atoms with Gasteiger partial charge in [0.15, 0.2) is 0 Å². The zero-order valence-electron chi connectivity index (χ0n) is 7.97.